The van der Waals surface area contributed by atoms with E-state index in [0.717, 1.165) is 5.75 Å². The summed E-state index contributed by atoms with van der Waals surface area (Å²) in [7, 11) is -0.233. The van der Waals surface area contributed by atoms with E-state index in [1.165, 1.54) is 5.56 Å². The van der Waals surface area contributed by atoms with Gasteiger partial charge >= 0.3 is 0 Å². The number of aryl methyl sites for hydroxylation is 1. The molecule has 0 fully saturated rings. The normalized spacial score (nSPS) is 14.1. The topological polar surface area (TPSA) is 39.4 Å². The molecule has 0 spiro atoms. The highest BCUT2D eigenvalue weighted by molar-refractivity contribution is 7.59. The van der Waals surface area contributed by atoms with Gasteiger partial charge in [0.15, 0.2) is 0 Å². The van der Waals surface area contributed by atoms with E-state index in [0.29, 0.717) is 0 Å². The molecular weight excluding hydrogens is 233 g/mol. The Balaban J connectivity index is 2.30. The van der Waals surface area contributed by atoms with Gasteiger partial charge in [-0.15, -0.1) is 0 Å². The molecule has 0 bridgehead atoms. The van der Waals surface area contributed by atoms with Gasteiger partial charge < -0.3 is 4.52 Å². The minimum Gasteiger partial charge on any atom is -0.443 e. The van der Waals surface area contributed by atoms with Gasteiger partial charge in [0.25, 0.3) is 0 Å². The van der Waals surface area contributed by atoms with E-state index in [4.69, 9.17) is 4.52 Å². The first-order valence-corrected chi connectivity index (χ1v) is 7.43. The molecule has 0 N–H and O–H groups in total. The third-order valence-corrected chi connectivity index (χ3v) is 4.98. The molecule has 17 heavy (non-hydrogen) atoms. The van der Waals surface area contributed by atoms with Crippen molar-refractivity contribution in [2.75, 3.05) is 13.7 Å². The van der Waals surface area contributed by atoms with Crippen molar-refractivity contribution < 1.29 is 4.52 Å². The molecule has 2 rings (SSSR count). The highest BCUT2D eigenvalue weighted by atomic mass is 31.2. The number of hydrogen-bond acceptors (Lipinski definition) is 3. The van der Waals surface area contributed by atoms with Crippen LogP contribution in [-0.2, 0) is 0 Å². The molecule has 1 aromatic heterocycles. The summed E-state index contributed by atoms with van der Waals surface area (Å²) in [6, 6.07) is 8.00. The minimum atomic E-state index is -2.01. The third kappa shape index (κ3) is 2.59. The maximum atomic E-state index is 6.02. The Bertz CT molecular complexity index is 531. The van der Waals surface area contributed by atoms with Gasteiger partial charge in [-0.3, -0.25) is 9.08 Å². The number of rotatable bonds is 3. The molecule has 1 unspecified atom stereocenters. The fourth-order valence-corrected chi connectivity index (χ4v) is 2.92. The number of imidazole rings is 1. The Morgan fingerprint density at radius 2 is 2.00 bits per heavy atom. The minimum absolute atomic E-state index is 0.839. The summed E-state index contributed by atoms with van der Waals surface area (Å²) in [6.45, 7) is 4.06. The van der Waals surface area contributed by atoms with Crippen LogP contribution in [0.2, 0.25) is 0 Å². The molecule has 0 aliphatic carbocycles. The Hall–Kier alpha value is -1.54. The summed E-state index contributed by atoms with van der Waals surface area (Å²) in [5, 5.41) is 0. The summed E-state index contributed by atoms with van der Waals surface area (Å²) in [6.07, 6.45) is 5.37. The van der Waals surface area contributed by atoms with Crippen molar-refractivity contribution in [2.45, 2.75) is 6.92 Å². The molecule has 0 radical (unpaired) electrons. The van der Waals surface area contributed by atoms with Crippen molar-refractivity contribution in [2.24, 2.45) is 4.74 Å². The number of hydrogen-bond donors (Lipinski definition) is 0. The van der Waals surface area contributed by atoms with Gasteiger partial charge in [-0.25, -0.2) is 4.98 Å². The predicted molar refractivity (Wildman–Crippen MR) is 70.6 cm³/mol. The van der Waals surface area contributed by atoms with Crippen LogP contribution in [0.3, 0.4) is 0 Å². The van der Waals surface area contributed by atoms with Gasteiger partial charge in [0.2, 0.25) is 7.43 Å². The van der Waals surface area contributed by atoms with E-state index in [1.807, 2.05) is 41.5 Å². The lowest BCUT2D eigenvalue weighted by Gasteiger charge is -2.21. The van der Waals surface area contributed by atoms with Crippen LogP contribution in [0.15, 0.2) is 47.7 Å². The zero-order valence-electron chi connectivity index (χ0n) is 10.2. The maximum Gasteiger partial charge on any atom is 0.229 e. The first kappa shape index (κ1) is 11.9. The predicted octanol–water partition coefficient (Wildman–Crippen LogP) is 3.41. The second-order valence-electron chi connectivity index (χ2n) is 3.88. The molecule has 0 aliphatic heterocycles. The zero-order valence-corrected chi connectivity index (χ0v) is 11.1. The van der Waals surface area contributed by atoms with E-state index in [2.05, 4.69) is 16.7 Å². The Kier molecular flexibility index (Phi) is 3.34. The quantitative estimate of drug-likeness (QED) is 0.782. The van der Waals surface area contributed by atoms with Gasteiger partial charge in [-0.2, -0.15) is 0 Å². The fourth-order valence-electron chi connectivity index (χ4n) is 1.46. The number of benzene rings is 1. The molecule has 1 aromatic carbocycles. The van der Waals surface area contributed by atoms with Gasteiger partial charge in [-0.05, 0) is 19.1 Å². The van der Waals surface area contributed by atoms with Crippen molar-refractivity contribution in [1.82, 2.24) is 9.32 Å². The molecule has 1 heterocycles. The second kappa shape index (κ2) is 4.76. The van der Waals surface area contributed by atoms with E-state index in [1.54, 1.807) is 19.6 Å². The summed E-state index contributed by atoms with van der Waals surface area (Å²) in [5.41, 5.74) is 1.22. The van der Waals surface area contributed by atoms with E-state index in [-0.39, 0.29) is 0 Å². The monoisotopic (exact) mass is 249 g/mol. The molecule has 0 saturated heterocycles. The van der Waals surface area contributed by atoms with Gasteiger partial charge in [0, 0.05) is 26.1 Å². The molecule has 0 saturated carbocycles. The molecule has 1 atom stereocenters. The van der Waals surface area contributed by atoms with E-state index < -0.39 is 7.43 Å². The van der Waals surface area contributed by atoms with Crippen LogP contribution >= 0.6 is 7.43 Å². The molecule has 5 heteroatoms. The zero-order chi connectivity index (χ0) is 12.3. The molecule has 0 amide bonds. The average molecular weight is 249 g/mol. The first-order valence-electron chi connectivity index (χ1n) is 5.37. The highest BCUT2D eigenvalue weighted by Gasteiger charge is 2.16. The molecule has 0 aliphatic rings. The van der Waals surface area contributed by atoms with Crippen LogP contribution in [-0.4, -0.2) is 23.0 Å². The van der Waals surface area contributed by atoms with Gasteiger partial charge in [0.05, 0.1) is 0 Å². The maximum absolute atomic E-state index is 6.02. The number of aromatic nitrogens is 2. The molecule has 90 valence electrons. The van der Waals surface area contributed by atoms with Crippen molar-refractivity contribution in [3.8, 4) is 5.75 Å². The largest absolute Gasteiger partial charge is 0.443 e. The van der Waals surface area contributed by atoms with Crippen molar-refractivity contribution in [1.29, 1.82) is 0 Å². The van der Waals surface area contributed by atoms with E-state index in [9.17, 15) is 0 Å². The molecule has 4 nitrogen and oxygen atoms in total. The Labute approximate surface area is 101 Å². The SMILES string of the molecule is CN=P(C)(Oc1ccc(C)cc1)n1ccnc1. The first-order chi connectivity index (χ1) is 8.14. The lowest BCUT2D eigenvalue weighted by Crippen LogP contribution is -2.00. The van der Waals surface area contributed by atoms with Crippen LogP contribution in [0.4, 0.5) is 0 Å². The lowest BCUT2D eigenvalue weighted by atomic mass is 10.2. The second-order valence-corrected chi connectivity index (χ2v) is 6.60. The van der Waals surface area contributed by atoms with Crippen molar-refractivity contribution >= 4 is 7.43 Å². The Morgan fingerprint density at radius 1 is 1.29 bits per heavy atom. The smallest absolute Gasteiger partial charge is 0.229 e. The lowest BCUT2D eigenvalue weighted by molar-refractivity contribution is 0.595. The van der Waals surface area contributed by atoms with Crippen LogP contribution in [0.5, 0.6) is 5.75 Å². The Morgan fingerprint density at radius 3 is 2.53 bits per heavy atom. The average Bonchev–Trinajstić information content (AvgIpc) is 2.86. The van der Waals surface area contributed by atoms with Crippen molar-refractivity contribution in [3.05, 3.63) is 48.5 Å². The van der Waals surface area contributed by atoms with Crippen LogP contribution in [0.1, 0.15) is 5.56 Å². The number of nitrogens with zero attached hydrogens (tertiary/aromatic N) is 3. The summed E-state index contributed by atoms with van der Waals surface area (Å²) < 4.78 is 12.3. The standard InChI is InChI=1S/C12H16N3OP/c1-11-4-6-12(7-5-11)16-17(3,13-2)15-9-8-14-10-15/h4-10H,1-3H3. The van der Waals surface area contributed by atoms with Gasteiger partial charge in [0.1, 0.15) is 12.1 Å². The summed E-state index contributed by atoms with van der Waals surface area (Å²) in [5.74, 6) is 0.839. The fraction of sp³-hybridized carbons (Fsp3) is 0.250. The van der Waals surface area contributed by atoms with Crippen LogP contribution in [0, 0.1) is 6.92 Å². The van der Waals surface area contributed by atoms with Crippen LogP contribution < -0.4 is 4.52 Å². The van der Waals surface area contributed by atoms with Crippen LogP contribution in [0.25, 0.3) is 0 Å². The highest BCUT2D eigenvalue weighted by Crippen LogP contribution is 2.47. The molecular formula is C12H16N3OP. The summed E-state index contributed by atoms with van der Waals surface area (Å²) >= 11 is 0. The summed E-state index contributed by atoms with van der Waals surface area (Å²) in [4.78, 5) is 4.04. The van der Waals surface area contributed by atoms with Crippen molar-refractivity contribution in [3.63, 3.8) is 0 Å². The molecule has 2 aromatic rings. The van der Waals surface area contributed by atoms with E-state index >= 15 is 0 Å². The van der Waals surface area contributed by atoms with Gasteiger partial charge in [-0.1, -0.05) is 17.7 Å². The third-order valence-electron chi connectivity index (χ3n) is 2.59.